The summed E-state index contributed by atoms with van der Waals surface area (Å²) in [6.45, 7) is 4.44. The lowest BCUT2D eigenvalue weighted by molar-refractivity contribution is -0.125. The Morgan fingerprint density at radius 1 is 1.40 bits per heavy atom. The van der Waals surface area contributed by atoms with E-state index in [2.05, 4.69) is 21.2 Å². The predicted octanol–water partition coefficient (Wildman–Crippen LogP) is 2.78. The molecular formula is C15H19BrN2O2. The number of aryl methyl sites for hydroxylation is 1. The Hall–Kier alpha value is -1.36. The smallest absolute Gasteiger partial charge is 0.249 e. The molecule has 5 heteroatoms. The van der Waals surface area contributed by atoms with Crippen LogP contribution in [0.2, 0.25) is 0 Å². The number of carbonyl (C=O) groups excluding carboxylic acids is 2. The molecule has 1 fully saturated rings. The van der Waals surface area contributed by atoms with Gasteiger partial charge in [0.2, 0.25) is 11.8 Å². The molecule has 4 nitrogen and oxygen atoms in total. The molecule has 0 spiro atoms. The Bertz CT molecular complexity index is 531. The molecule has 0 bridgehead atoms. The highest BCUT2D eigenvalue weighted by atomic mass is 79.9. The maximum absolute atomic E-state index is 12.6. The highest BCUT2D eigenvalue weighted by Crippen LogP contribution is 2.29. The van der Waals surface area contributed by atoms with Crippen LogP contribution < -0.4 is 10.2 Å². The van der Waals surface area contributed by atoms with Crippen LogP contribution >= 0.6 is 15.9 Å². The number of halogens is 1. The summed E-state index contributed by atoms with van der Waals surface area (Å²) in [5.41, 5.74) is 1.96. The predicted molar refractivity (Wildman–Crippen MR) is 82.7 cm³/mol. The van der Waals surface area contributed by atoms with Gasteiger partial charge in [-0.25, -0.2) is 0 Å². The van der Waals surface area contributed by atoms with Crippen molar-refractivity contribution < 1.29 is 9.59 Å². The molecule has 1 aromatic carbocycles. The number of hydrogen-bond donors (Lipinski definition) is 1. The number of hydrogen-bond acceptors (Lipinski definition) is 2. The van der Waals surface area contributed by atoms with Crippen molar-refractivity contribution in [3.05, 3.63) is 28.2 Å². The quantitative estimate of drug-likeness (QED) is 0.921. The molecule has 108 valence electrons. The van der Waals surface area contributed by atoms with E-state index in [-0.39, 0.29) is 11.8 Å². The first kappa shape index (κ1) is 15.0. The SMILES string of the molecule is CCCC1NC(=O)CCN(c2ccc(C)cc2Br)C1=O. The molecule has 1 N–H and O–H groups in total. The molecule has 0 aromatic heterocycles. The Morgan fingerprint density at radius 2 is 2.15 bits per heavy atom. The summed E-state index contributed by atoms with van der Waals surface area (Å²) in [7, 11) is 0. The molecular weight excluding hydrogens is 320 g/mol. The van der Waals surface area contributed by atoms with Crippen molar-refractivity contribution in [1.82, 2.24) is 5.32 Å². The Kier molecular flexibility index (Phi) is 4.81. The second-order valence-electron chi connectivity index (χ2n) is 5.10. The summed E-state index contributed by atoms with van der Waals surface area (Å²) in [6, 6.07) is 5.47. The van der Waals surface area contributed by atoms with Crippen molar-refractivity contribution >= 4 is 33.4 Å². The van der Waals surface area contributed by atoms with Gasteiger partial charge in [-0.2, -0.15) is 0 Å². The van der Waals surface area contributed by atoms with Gasteiger partial charge in [0.1, 0.15) is 6.04 Å². The number of anilines is 1. The molecule has 1 saturated heterocycles. The largest absolute Gasteiger partial charge is 0.344 e. The average Bonchev–Trinajstić information content (AvgIpc) is 2.52. The molecule has 1 aliphatic heterocycles. The summed E-state index contributed by atoms with van der Waals surface area (Å²) in [5, 5.41) is 2.81. The van der Waals surface area contributed by atoms with Crippen LogP contribution in [0.15, 0.2) is 22.7 Å². The number of nitrogens with zero attached hydrogens (tertiary/aromatic N) is 1. The fourth-order valence-electron chi connectivity index (χ4n) is 2.39. The third kappa shape index (κ3) is 3.20. The molecule has 1 aromatic rings. The van der Waals surface area contributed by atoms with Crippen molar-refractivity contribution in [1.29, 1.82) is 0 Å². The maximum atomic E-state index is 12.6. The van der Waals surface area contributed by atoms with Gasteiger partial charge >= 0.3 is 0 Å². The fraction of sp³-hybridized carbons (Fsp3) is 0.467. The molecule has 0 radical (unpaired) electrons. The molecule has 2 amide bonds. The molecule has 0 aliphatic carbocycles. The van der Waals surface area contributed by atoms with Gasteiger partial charge in [0.05, 0.1) is 5.69 Å². The first-order valence-electron chi connectivity index (χ1n) is 6.89. The Labute approximate surface area is 127 Å². The average molecular weight is 339 g/mol. The first-order chi connectivity index (χ1) is 9.52. The van der Waals surface area contributed by atoms with Gasteiger partial charge < -0.3 is 10.2 Å². The molecule has 1 heterocycles. The van der Waals surface area contributed by atoms with Crippen LogP contribution in [-0.4, -0.2) is 24.4 Å². The highest BCUT2D eigenvalue weighted by Gasteiger charge is 2.30. The summed E-state index contributed by atoms with van der Waals surface area (Å²) < 4.78 is 0.885. The van der Waals surface area contributed by atoms with Gasteiger partial charge in [0.25, 0.3) is 0 Å². The monoisotopic (exact) mass is 338 g/mol. The fourth-order valence-corrected chi connectivity index (χ4v) is 3.10. The number of amides is 2. The minimum atomic E-state index is -0.414. The minimum Gasteiger partial charge on any atom is -0.344 e. The molecule has 0 saturated carbocycles. The van der Waals surface area contributed by atoms with Crippen LogP contribution in [0.25, 0.3) is 0 Å². The normalized spacial score (nSPS) is 19.8. The minimum absolute atomic E-state index is 0.0257. The Balaban J connectivity index is 2.33. The van der Waals surface area contributed by atoms with Crippen LogP contribution in [0.4, 0.5) is 5.69 Å². The van der Waals surface area contributed by atoms with Crippen LogP contribution in [0.3, 0.4) is 0 Å². The zero-order chi connectivity index (χ0) is 14.7. The van der Waals surface area contributed by atoms with Crippen LogP contribution in [0.5, 0.6) is 0 Å². The van der Waals surface area contributed by atoms with Crippen LogP contribution in [0, 0.1) is 6.92 Å². The lowest BCUT2D eigenvalue weighted by atomic mass is 10.1. The van der Waals surface area contributed by atoms with Crippen LogP contribution in [0.1, 0.15) is 31.7 Å². The van der Waals surface area contributed by atoms with Gasteiger partial charge in [0.15, 0.2) is 0 Å². The van der Waals surface area contributed by atoms with Crippen molar-refractivity contribution in [3.8, 4) is 0 Å². The van der Waals surface area contributed by atoms with Gasteiger partial charge in [-0.3, -0.25) is 9.59 Å². The third-order valence-corrected chi connectivity index (χ3v) is 4.07. The topological polar surface area (TPSA) is 49.4 Å². The van der Waals surface area contributed by atoms with E-state index in [0.717, 1.165) is 22.1 Å². The first-order valence-corrected chi connectivity index (χ1v) is 7.69. The zero-order valence-corrected chi connectivity index (χ0v) is 13.4. The number of rotatable bonds is 3. The lowest BCUT2D eigenvalue weighted by Gasteiger charge is -2.25. The second-order valence-corrected chi connectivity index (χ2v) is 5.96. The van der Waals surface area contributed by atoms with Gasteiger partial charge in [0, 0.05) is 17.4 Å². The van der Waals surface area contributed by atoms with Crippen molar-refractivity contribution in [2.75, 3.05) is 11.4 Å². The van der Waals surface area contributed by atoms with E-state index >= 15 is 0 Å². The van der Waals surface area contributed by atoms with E-state index < -0.39 is 6.04 Å². The van der Waals surface area contributed by atoms with Crippen molar-refractivity contribution in [2.24, 2.45) is 0 Å². The van der Waals surface area contributed by atoms with Crippen molar-refractivity contribution in [2.45, 2.75) is 39.2 Å². The summed E-state index contributed by atoms with van der Waals surface area (Å²) in [5.74, 6) is -0.0789. The third-order valence-electron chi connectivity index (χ3n) is 3.43. The lowest BCUT2D eigenvalue weighted by Crippen LogP contribution is -2.44. The van der Waals surface area contributed by atoms with Crippen LogP contribution in [-0.2, 0) is 9.59 Å². The standard InChI is InChI=1S/C15H19BrN2O2/c1-3-4-12-15(20)18(8-7-14(19)17-12)13-6-5-10(2)9-11(13)16/h5-6,9,12H,3-4,7-8H2,1-2H3,(H,17,19). The van der Waals surface area contributed by atoms with Gasteiger partial charge in [-0.05, 0) is 47.0 Å². The molecule has 1 atom stereocenters. The van der Waals surface area contributed by atoms with E-state index in [1.165, 1.54) is 0 Å². The van der Waals surface area contributed by atoms with E-state index in [1.807, 2.05) is 32.0 Å². The number of benzene rings is 1. The summed E-state index contributed by atoms with van der Waals surface area (Å²) in [4.78, 5) is 26.0. The number of nitrogens with one attached hydrogen (secondary N) is 1. The van der Waals surface area contributed by atoms with Crippen molar-refractivity contribution in [3.63, 3.8) is 0 Å². The Morgan fingerprint density at radius 3 is 2.80 bits per heavy atom. The molecule has 20 heavy (non-hydrogen) atoms. The van der Waals surface area contributed by atoms with Gasteiger partial charge in [-0.1, -0.05) is 19.4 Å². The maximum Gasteiger partial charge on any atom is 0.249 e. The van der Waals surface area contributed by atoms with E-state index in [9.17, 15) is 9.59 Å². The van der Waals surface area contributed by atoms with Gasteiger partial charge in [-0.15, -0.1) is 0 Å². The molecule has 1 aliphatic rings. The number of carbonyl (C=O) groups is 2. The molecule has 2 rings (SSSR count). The summed E-state index contributed by atoms with van der Waals surface area (Å²) >= 11 is 3.51. The zero-order valence-electron chi connectivity index (χ0n) is 11.8. The molecule has 1 unspecified atom stereocenters. The second kappa shape index (κ2) is 6.39. The van der Waals surface area contributed by atoms with E-state index in [4.69, 9.17) is 0 Å². The van der Waals surface area contributed by atoms with E-state index in [0.29, 0.717) is 19.4 Å². The highest BCUT2D eigenvalue weighted by molar-refractivity contribution is 9.10. The summed E-state index contributed by atoms with van der Waals surface area (Å²) in [6.07, 6.45) is 1.87. The van der Waals surface area contributed by atoms with E-state index in [1.54, 1.807) is 4.90 Å².